The molecule has 17 heavy (non-hydrogen) atoms. The molecule has 0 aromatic carbocycles. The molecule has 1 aliphatic heterocycles. The number of hydrogen-bond acceptors (Lipinski definition) is 2. The summed E-state index contributed by atoms with van der Waals surface area (Å²) in [5, 5.41) is 0. The Morgan fingerprint density at radius 3 is 3.06 bits per heavy atom. The third kappa shape index (κ3) is 4.09. The van der Waals surface area contributed by atoms with Gasteiger partial charge in [0.15, 0.2) is 0 Å². The van der Waals surface area contributed by atoms with Crippen molar-refractivity contribution in [2.45, 2.75) is 32.2 Å². The summed E-state index contributed by atoms with van der Waals surface area (Å²) in [6, 6.07) is 6.05. The molecule has 0 bridgehead atoms. The van der Waals surface area contributed by atoms with E-state index >= 15 is 0 Å². The third-order valence-corrected chi connectivity index (χ3v) is 3.03. The number of piperidine rings is 1. The maximum atomic E-state index is 12.0. The molecule has 1 aromatic rings. The summed E-state index contributed by atoms with van der Waals surface area (Å²) in [5.41, 5.74) is 0.852. The number of aromatic nitrogens is 1. The van der Waals surface area contributed by atoms with Gasteiger partial charge >= 0.3 is 29.6 Å². The summed E-state index contributed by atoms with van der Waals surface area (Å²) < 4.78 is 0. The van der Waals surface area contributed by atoms with E-state index in [0.717, 1.165) is 25.1 Å². The Hall–Kier alpha value is -0.380. The molecule has 1 atom stereocenters. The number of amides is 1. The zero-order valence-corrected chi connectivity index (χ0v) is 12.6. The number of likely N-dealkylation sites (tertiary alicyclic amines) is 1. The molecule has 4 heteroatoms. The minimum atomic E-state index is 0. The molecular weight excluding hydrogens is 223 g/mol. The Morgan fingerprint density at radius 1 is 1.59 bits per heavy atom. The molecule has 1 amide bonds. The zero-order valence-electron chi connectivity index (χ0n) is 10.6. The van der Waals surface area contributed by atoms with Crippen molar-refractivity contribution in [3.8, 4) is 0 Å². The van der Waals surface area contributed by atoms with Gasteiger partial charge in [0, 0.05) is 17.9 Å². The number of rotatable bonds is 2. The number of hydrogen-bond donors (Lipinski definition) is 0. The molecule has 1 aliphatic rings. The molecule has 1 fully saturated rings. The second-order valence-electron chi connectivity index (χ2n) is 4.26. The first-order valence-corrected chi connectivity index (χ1v) is 5.78. The van der Waals surface area contributed by atoms with Gasteiger partial charge in [-0.15, -0.1) is 6.54 Å². The fourth-order valence-electron chi connectivity index (χ4n) is 2.03. The van der Waals surface area contributed by atoms with Gasteiger partial charge in [-0.05, 0) is 19.1 Å². The van der Waals surface area contributed by atoms with E-state index in [0.29, 0.717) is 12.5 Å². The predicted molar refractivity (Wildman–Crippen MR) is 62.7 cm³/mol. The summed E-state index contributed by atoms with van der Waals surface area (Å²) in [5.74, 6) is 0.183. The molecular formula is C13H17N2NaO. The molecule has 0 radical (unpaired) electrons. The van der Waals surface area contributed by atoms with Crippen LogP contribution in [0.2, 0.25) is 0 Å². The normalized spacial score (nSPS) is 19.6. The molecule has 86 valence electrons. The molecule has 0 unspecified atom stereocenters. The van der Waals surface area contributed by atoms with Crippen molar-refractivity contribution in [2.75, 3.05) is 6.54 Å². The quantitative estimate of drug-likeness (QED) is 0.483. The van der Waals surface area contributed by atoms with E-state index in [2.05, 4.69) is 18.3 Å². The summed E-state index contributed by atoms with van der Waals surface area (Å²) in [7, 11) is 0. The van der Waals surface area contributed by atoms with Gasteiger partial charge in [-0.25, -0.2) is 0 Å². The van der Waals surface area contributed by atoms with Crippen LogP contribution < -0.4 is 29.6 Å². The second-order valence-corrected chi connectivity index (χ2v) is 4.26. The molecule has 0 aliphatic carbocycles. The van der Waals surface area contributed by atoms with E-state index in [1.54, 1.807) is 6.20 Å². The van der Waals surface area contributed by atoms with Crippen LogP contribution in [0.15, 0.2) is 24.4 Å². The van der Waals surface area contributed by atoms with Crippen molar-refractivity contribution in [1.29, 1.82) is 0 Å². The van der Waals surface area contributed by atoms with Crippen molar-refractivity contribution in [2.24, 2.45) is 0 Å². The fraction of sp³-hybridized carbons (Fsp3) is 0.462. The Morgan fingerprint density at radius 2 is 2.41 bits per heavy atom. The Balaban J connectivity index is 0.00000144. The molecule has 2 rings (SSSR count). The first-order chi connectivity index (χ1) is 7.77. The van der Waals surface area contributed by atoms with Crippen LogP contribution in [0.3, 0.4) is 0 Å². The number of nitrogens with zero attached hydrogens (tertiary/aromatic N) is 2. The largest absolute Gasteiger partial charge is 1.00 e. The Kier molecular flexibility index (Phi) is 6.17. The molecule has 1 saturated heterocycles. The number of pyridine rings is 1. The monoisotopic (exact) mass is 240 g/mol. The van der Waals surface area contributed by atoms with Crippen LogP contribution in [-0.4, -0.2) is 28.4 Å². The zero-order chi connectivity index (χ0) is 11.4. The van der Waals surface area contributed by atoms with Crippen LogP contribution in [0.25, 0.3) is 0 Å². The SMILES string of the molecule is C[C@H]1CC[CH-]CN1C(=O)Cc1ccccn1.[Na+]. The van der Waals surface area contributed by atoms with Crippen LogP contribution >= 0.6 is 0 Å². The maximum absolute atomic E-state index is 12.0. The van der Waals surface area contributed by atoms with Gasteiger partial charge in [0.25, 0.3) is 0 Å². The summed E-state index contributed by atoms with van der Waals surface area (Å²) in [6.07, 6.45) is 6.52. The van der Waals surface area contributed by atoms with Crippen LogP contribution in [0.4, 0.5) is 0 Å². The number of carbonyl (C=O) groups excluding carboxylic acids is 1. The number of carbonyl (C=O) groups is 1. The van der Waals surface area contributed by atoms with Crippen molar-refractivity contribution in [3.05, 3.63) is 36.5 Å². The van der Waals surface area contributed by atoms with Gasteiger partial charge in [-0.3, -0.25) is 9.78 Å². The van der Waals surface area contributed by atoms with Gasteiger partial charge in [0.1, 0.15) is 0 Å². The van der Waals surface area contributed by atoms with Crippen LogP contribution in [0.1, 0.15) is 25.5 Å². The van der Waals surface area contributed by atoms with E-state index in [-0.39, 0.29) is 35.5 Å². The minimum absolute atomic E-state index is 0. The maximum Gasteiger partial charge on any atom is 1.00 e. The summed E-state index contributed by atoms with van der Waals surface area (Å²) in [6.45, 7) is 2.90. The van der Waals surface area contributed by atoms with Crippen molar-refractivity contribution in [3.63, 3.8) is 0 Å². The molecule has 0 spiro atoms. The van der Waals surface area contributed by atoms with Gasteiger partial charge in [0.05, 0.1) is 6.42 Å². The van der Waals surface area contributed by atoms with E-state index in [9.17, 15) is 4.79 Å². The van der Waals surface area contributed by atoms with Crippen molar-refractivity contribution >= 4 is 5.91 Å². The predicted octanol–water partition coefficient (Wildman–Crippen LogP) is -1.16. The first-order valence-electron chi connectivity index (χ1n) is 5.78. The van der Waals surface area contributed by atoms with Gasteiger partial charge in [-0.1, -0.05) is 12.5 Å². The third-order valence-electron chi connectivity index (χ3n) is 3.03. The van der Waals surface area contributed by atoms with E-state index in [4.69, 9.17) is 0 Å². The first kappa shape index (κ1) is 14.7. The average molecular weight is 240 g/mol. The standard InChI is InChI=1S/C13H17N2O.Na/c1-11-6-3-5-9-15(11)13(16)10-12-7-2-4-8-14-12;/h2,4-5,7-8,11H,3,6,9-10H2,1H3;/q-1;+1/t11-;/m0./s1. The fourth-order valence-corrected chi connectivity index (χ4v) is 2.03. The summed E-state index contributed by atoms with van der Waals surface area (Å²) >= 11 is 0. The Bertz CT molecular complexity index is 356. The van der Waals surface area contributed by atoms with E-state index in [1.807, 2.05) is 23.1 Å². The van der Waals surface area contributed by atoms with Gasteiger partial charge < -0.3 is 11.3 Å². The van der Waals surface area contributed by atoms with Gasteiger partial charge in [-0.2, -0.15) is 6.42 Å². The van der Waals surface area contributed by atoms with Crippen LogP contribution in [-0.2, 0) is 11.2 Å². The van der Waals surface area contributed by atoms with Crippen molar-refractivity contribution < 1.29 is 34.4 Å². The van der Waals surface area contributed by atoms with Gasteiger partial charge in [0.2, 0.25) is 5.91 Å². The summed E-state index contributed by atoms with van der Waals surface area (Å²) in [4.78, 5) is 18.2. The molecule has 0 saturated carbocycles. The van der Waals surface area contributed by atoms with Crippen LogP contribution in [0, 0.1) is 6.42 Å². The minimum Gasteiger partial charge on any atom is -0.370 e. The smallest absolute Gasteiger partial charge is 0.370 e. The Labute approximate surface area is 125 Å². The molecule has 1 aromatic heterocycles. The van der Waals surface area contributed by atoms with Crippen molar-refractivity contribution in [1.82, 2.24) is 9.88 Å². The molecule has 0 N–H and O–H groups in total. The molecule has 3 nitrogen and oxygen atoms in total. The molecule has 2 heterocycles. The topological polar surface area (TPSA) is 33.2 Å². The van der Waals surface area contributed by atoms with E-state index in [1.165, 1.54) is 0 Å². The average Bonchev–Trinajstić information content (AvgIpc) is 2.31. The van der Waals surface area contributed by atoms with Crippen LogP contribution in [0.5, 0.6) is 0 Å². The van der Waals surface area contributed by atoms with E-state index < -0.39 is 0 Å². The second kappa shape index (κ2) is 7.14.